The molecule has 0 saturated carbocycles. The molecule has 0 bridgehead atoms. The number of H-pyrrole nitrogens is 1. The highest BCUT2D eigenvalue weighted by atomic mass is 19.3. The number of fused-ring (bicyclic) bond motifs is 1. The first-order valence-corrected chi connectivity index (χ1v) is 9.52. The van der Waals surface area contributed by atoms with Gasteiger partial charge in [0.2, 0.25) is 0 Å². The normalized spacial score (nSPS) is 15.2. The Kier molecular flexibility index (Phi) is 5.33. The Balaban J connectivity index is 1.42. The molecule has 1 aromatic carbocycles. The largest absolute Gasteiger partial charge is 0.490 e. The number of carbonyl (C=O) groups is 1. The summed E-state index contributed by atoms with van der Waals surface area (Å²) in [5, 5.41) is 0.794. The second-order valence-corrected chi connectivity index (χ2v) is 7.07. The van der Waals surface area contributed by atoms with Crippen LogP contribution in [0.4, 0.5) is 8.78 Å². The number of nitrogens with zero attached hydrogens (tertiary/aromatic N) is 2. The molecule has 3 aromatic rings. The van der Waals surface area contributed by atoms with Gasteiger partial charge in [0.25, 0.3) is 17.9 Å². The van der Waals surface area contributed by atoms with E-state index in [4.69, 9.17) is 4.74 Å². The van der Waals surface area contributed by atoms with Crippen molar-refractivity contribution in [2.75, 3.05) is 13.1 Å². The lowest BCUT2D eigenvalue weighted by Gasteiger charge is -2.32. The van der Waals surface area contributed by atoms with Crippen LogP contribution in [0.1, 0.15) is 23.2 Å². The van der Waals surface area contributed by atoms with E-state index in [0.29, 0.717) is 37.2 Å². The molecule has 4 rings (SSSR count). The number of piperidine rings is 1. The Hall–Kier alpha value is -3.16. The standard InChI is InChI=1S/C21H21F2N3O3/c22-19(23)13-26-12-8-15-17(26)4-1-5-18(15)29-14-6-10-25(11-7-14)21(28)16-3-2-9-24-20(16)27/h1-5,8-9,12,14,19H,6-7,10-11,13H2,(H,24,27). The molecule has 3 heterocycles. The maximum Gasteiger partial charge on any atom is 0.260 e. The molecule has 6 nitrogen and oxygen atoms in total. The second kappa shape index (κ2) is 8.06. The van der Waals surface area contributed by atoms with Gasteiger partial charge in [0.15, 0.2) is 0 Å². The fourth-order valence-electron chi connectivity index (χ4n) is 3.72. The number of amides is 1. The summed E-state index contributed by atoms with van der Waals surface area (Å²) in [6.45, 7) is 0.618. The van der Waals surface area contributed by atoms with E-state index >= 15 is 0 Å². The van der Waals surface area contributed by atoms with Crippen LogP contribution in [0.15, 0.2) is 53.6 Å². The first-order chi connectivity index (χ1) is 14.0. The molecule has 1 amide bonds. The summed E-state index contributed by atoms with van der Waals surface area (Å²) in [4.78, 5) is 28.5. The molecule has 1 fully saturated rings. The minimum Gasteiger partial charge on any atom is -0.490 e. The molecular weight excluding hydrogens is 380 g/mol. The SMILES string of the molecule is O=C(c1ccc[nH]c1=O)N1CCC(Oc2cccc3c2ccn3CC(F)F)CC1. The Bertz CT molecular complexity index is 1070. The van der Waals surface area contributed by atoms with Crippen molar-refractivity contribution in [1.82, 2.24) is 14.5 Å². The number of hydrogen-bond donors (Lipinski definition) is 1. The molecule has 0 spiro atoms. The summed E-state index contributed by atoms with van der Waals surface area (Å²) in [5.41, 5.74) is 0.451. The number of carbonyl (C=O) groups excluding carboxylic acids is 1. The lowest BCUT2D eigenvalue weighted by atomic mass is 10.1. The van der Waals surface area contributed by atoms with Crippen molar-refractivity contribution in [1.29, 1.82) is 0 Å². The number of benzene rings is 1. The first kappa shape index (κ1) is 19.2. The minimum absolute atomic E-state index is 0.0860. The van der Waals surface area contributed by atoms with Crippen LogP contribution in [0.25, 0.3) is 10.9 Å². The van der Waals surface area contributed by atoms with Crippen LogP contribution < -0.4 is 10.3 Å². The Morgan fingerprint density at radius 1 is 1.17 bits per heavy atom. The van der Waals surface area contributed by atoms with Gasteiger partial charge < -0.3 is 19.2 Å². The van der Waals surface area contributed by atoms with Gasteiger partial charge in [-0.05, 0) is 30.3 Å². The molecule has 0 atom stereocenters. The van der Waals surface area contributed by atoms with E-state index in [1.54, 1.807) is 35.4 Å². The Labute approximate surface area is 165 Å². The fourth-order valence-corrected chi connectivity index (χ4v) is 3.72. The number of alkyl halides is 2. The predicted octanol–water partition coefficient (Wildman–Crippen LogP) is 3.28. The summed E-state index contributed by atoms with van der Waals surface area (Å²) in [6.07, 6.45) is 1.89. The summed E-state index contributed by atoms with van der Waals surface area (Å²) in [7, 11) is 0. The van der Waals surface area contributed by atoms with E-state index in [-0.39, 0.29) is 24.1 Å². The molecule has 1 N–H and O–H groups in total. The van der Waals surface area contributed by atoms with Crippen molar-refractivity contribution in [3.63, 3.8) is 0 Å². The number of aromatic amines is 1. The molecule has 1 saturated heterocycles. The number of pyridine rings is 1. The molecule has 1 aliphatic rings. The molecule has 8 heteroatoms. The van der Waals surface area contributed by atoms with E-state index in [9.17, 15) is 18.4 Å². The van der Waals surface area contributed by atoms with E-state index in [0.717, 1.165) is 5.39 Å². The van der Waals surface area contributed by atoms with Crippen molar-refractivity contribution in [2.24, 2.45) is 0 Å². The average molecular weight is 401 g/mol. The molecule has 152 valence electrons. The number of likely N-dealkylation sites (tertiary alicyclic amines) is 1. The maximum atomic E-state index is 12.7. The van der Waals surface area contributed by atoms with Crippen LogP contribution in [0, 0.1) is 0 Å². The average Bonchev–Trinajstić information content (AvgIpc) is 3.12. The van der Waals surface area contributed by atoms with E-state index in [2.05, 4.69) is 4.98 Å². The number of aromatic nitrogens is 2. The zero-order chi connectivity index (χ0) is 20.4. The highest BCUT2D eigenvalue weighted by molar-refractivity contribution is 5.93. The van der Waals surface area contributed by atoms with E-state index < -0.39 is 12.0 Å². The number of rotatable bonds is 5. The fraction of sp³-hybridized carbons (Fsp3) is 0.333. The number of nitrogens with one attached hydrogen (secondary N) is 1. The third-order valence-electron chi connectivity index (χ3n) is 5.18. The van der Waals surface area contributed by atoms with Crippen LogP contribution >= 0.6 is 0 Å². The van der Waals surface area contributed by atoms with Crippen molar-refractivity contribution in [3.8, 4) is 5.75 Å². The van der Waals surface area contributed by atoms with Gasteiger partial charge >= 0.3 is 0 Å². The van der Waals surface area contributed by atoms with Gasteiger partial charge in [-0.25, -0.2) is 8.78 Å². The van der Waals surface area contributed by atoms with Crippen LogP contribution in [-0.4, -0.2) is 46.0 Å². The third kappa shape index (κ3) is 4.01. The van der Waals surface area contributed by atoms with Gasteiger partial charge in [-0.2, -0.15) is 0 Å². The maximum absolute atomic E-state index is 12.7. The number of halogens is 2. The van der Waals surface area contributed by atoms with Gasteiger partial charge in [0, 0.05) is 43.7 Å². The third-order valence-corrected chi connectivity index (χ3v) is 5.18. The highest BCUT2D eigenvalue weighted by Gasteiger charge is 2.26. The predicted molar refractivity (Wildman–Crippen MR) is 105 cm³/mol. The first-order valence-electron chi connectivity index (χ1n) is 9.52. The summed E-state index contributed by atoms with van der Waals surface area (Å²) in [6, 6.07) is 10.4. The van der Waals surface area contributed by atoms with Crippen molar-refractivity contribution < 1.29 is 18.3 Å². The van der Waals surface area contributed by atoms with Crippen molar-refractivity contribution in [3.05, 3.63) is 64.7 Å². The van der Waals surface area contributed by atoms with Crippen LogP contribution in [-0.2, 0) is 6.54 Å². The molecule has 0 radical (unpaired) electrons. The van der Waals surface area contributed by atoms with Crippen molar-refractivity contribution in [2.45, 2.75) is 31.9 Å². The molecular formula is C21H21F2N3O3. The molecule has 0 aliphatic carbocycles. The number of hydrogen-bond acceptors (Lipinski definition) is 3. The second-order valence-electron chi connectivity index (χ2n) is 7.07. The van der Waals surface area contributed by atoms with Crippen LogP contribution in [0.2, 0.25) is 0 Å². The summed E-state index contributed by atoms with van der Waals surface area (Å²) in [5.74, 6) is 0.372. The Morgan fingerprint density at radius 2 is 1.97 bits per heavy atom. The van der Waals surface area contributed by atoms with Crippen LogP contribution in [0.3, 0.4) is 0 Å². The van der Waals surface area contributed by atoms with Gasteiger partial charge in [-0.1, -0.05) is 6.07 Å². The van der Waals surface area contributed by atoms with Gasteiger partial charge in [0.05, 0.1) is 12.1 Å². The zero-order valence-electron chi connectivity index (χ0n) is 15.7. The monoisotopic (exact) mass is 401 g/mol. The quantitative estimate of drug-likeness (QED) is 0.714. The lowest BCUT2D eigenvalue weighted by molar-refractivity contribution is 0.0596. The summed E-state index contributed by atoms with van der Waals surface area (Å²) < 4.78 is 33.1. The van der Waals surface area contributed by atoms with Crippen molar-refractivity contribution >= 4 is 16.8 Å². The van der Waals surface area contributed by atoms with E-state index in [1.165, 1.54) is 16.8 Å². The highest BCUT2D eigenvalue weighted by Crippen LogP contribution is 2.29. The van der Waals surface area contributed by atoms with Gasteiger partial charge in [-0.3, -0.25) is 9.59 Å². The molecule has 2 aromatic heterocycles. The Morgan fingerprint density at radius 3 is 2.69 bits per heavy atom. The number of ether oxygens (including phenoxy) is 1. The topological polar surface area (TPSA) is 67.3 Å². The van der Waals surface area contributed by atoms with Gasteiger partial charge in [0.1, 0.15) is 17.4 Å². The zero-order valence-corrected chi connectivity index (χ0v) is 15.7. The molecule has 1 aliphatic heterocycles. The lowest BCUT2D eigenvalue weighted by Crippen LogP contribution is -2.43. The van der Waals surface area contributed by atoms with Gasteiger partial charge in [-0.15, -0.1) is 0 Å². The van der Waals surface area contributed by atoms with Crippen LogP contribution in [0.5, 0.6) is 5.75 Å². The molecule has 0 unspecified atom stereocenters. The molecule has 29 heavy (non-hydrogen) atoms. The summed E-state index contributed by atoms with van der Waals surface area (Å²) >= 11 is 0. The smallest absolute Gasteiger partial charge is 0.260 e. The minimum atomic E-state index is -2.42. The van der Waals surface area contributed by atoms with E-state index in [1.807, 2.05) is 6.07 Å².